The van der Waals surface area contributed by atoms with Crippen LogP contribution in [0.5, 0.6) is 5.75 Å². The molecule has 0 fully saturated rings. The molecule has 0 saturated heterocycles. The molecule has 178 valence electrons. The van der Waals surface area contributed by atoms with Crippen molar-refractivity contribution in [3.05, 3.63) is 94.3 Å². The molecule has 3 aromatic rings. The van der Waals surface area contributed by atoms with Gasteiger partial charge in [0.15, 0.2) is 5.69 Å². The van der Waals surface area contributed by atoms with Crippen LogP contribution in [-0.4, -0.2) is 23.7 Å². The van der Waals surface area contributed by atoms with Crippen LogP contribution in [0.3, 0.4) is 0 Å². The Kier molecular flexibility index (Phi) is 5.00. The smallest absolute Gasteiger partial charge is 0.222 e. The fourth-order valence-electron chi connectivity index (χ4n) is 5.79. The van der Waals surface area contributed by atoms with Crippen molar-refractivity contribution in [1.82, 2.24) is 5.06 Å². The number of aliphatic imine (C=N–C) groups is 1. The van der Waals surface area contributed by atoms with Gasteiger partial charge in [0.25, 0.3) is 0 Å². The lowest BCUT2D eigenvalue weighted by Gasteiger charge is -2.45. The summed E-state index contributed by atoms with van der Waals surface area (Å²) in [5.74, 6) is 1.04. The largest absolute Gasteiger partial charge is 0.486 e. The summed E-state index contributed by atoms with van der Waals surface area (Å²) in [6, 6.07) is 21.8. The van der Waals surface area contributed by atoms with Crippen molar-refractivity contribution in [2.75, 3.05) is 7.05 Å². The Morgan fingerprint density at radius 3 is 2.69 bits per heavy atom. The number of nitriles is 1. The van der Waals surface area contributed by atoms with Gasteiger partial charge < -0.3 is 10.5 Å². The molecule has 7 nitrogen and oxygen atoms in total. The van der Waals surface area contributed by atoms with Crippen molar-refractivity contribution < 1.29 is 9.57 Å². The summed E-state index contributed by atoms with van der Waals surface area (Å²) in [5, 5.41) is 11.0. The number of hydrogen-bond donors (Lipinski definition) is 1. The van der Waals surface area contributed by atoms with Crippen molar-refractivity contribution in [2.24, 2.45) is 10.7 Å². The highest BCUT2D eigenvalue weighted by Crippen LogP contribution is 2.53. The molecular weight excluding hydrogens is 450 g/mol. The van der Waals surface area contributed by atoms with E-state index in [4.69, 9.17) is 26.9 Å². The molecule has 7 heteroatoms. The maximum absolute atomic E-state index is 9.45. The minimum absolute atomic E-state index is 0.319. The number of ether oxygens (including phenoxy) is 1. The predicted molar refractivity (Wildman–Crippen MR) is 136 cm³/mol. The van der Waals surface area contributed by atoms with Gasteiger partial charge in [-0.2, -0.15) is 5.26 Å². The van der Waals surface area contributed by atoms with Crippen molar-refractivity contribution >= 4 is 11.6 Å². The summed E-state index contributed by atoms with van der Waals surface area (Å²) < 4.78 is 6.83. The van der Waals surface area contributed by atoms with Gasteiger partial charge in [0.05, 0.1) is 18.2 Å². The fraction of sp³-hybridized carbons (Fsp3) is 0.276. The number of nitrogens with two attached hydrogens (primary N) is 1. The molecule has 3 aliphatic rings. The number of benzene rings is 3. The van der Waals surface area contributed by atoms with Gasteiger partial charge in [-0.25, -0.2) is 19.7 Å². The van der Waals surface area contributed by atoms with Gasteiger partial charge in [0.1, 0.15) is 11.4 Å². The van der Waals surface area contributed by atoms with Gasteiger partial charge >= 0.3 is 0 Å². The molecule has 2 unspecified atom stereocenters. The van der Waals surface area contributed by atoms with E-state index in [2.05, 4.69) is 35.2 Å². The quantitative estimate of drug-likeness (QED) is 0.488. The van der Waals surface area contributed by atoms with Gasteiger partial charge in [-0.15, -0.1) is 0 Å². The predicted octanol–water partition coefficient (Wildman–Crippen LogP) is 5.22. The molecule has 3 aromatic carbocycles. The Balaban J connectivity index is 1.49. The Morgan fingerprint density at radius 2 is 1.94 bits per heavy atom. The van der Waals surface area contributed by atoms with Crippen molar-refractivity contribution in [3.8, 4) is 22.9 Å². The van der Waals surface area contributed by atoms with E-state index in [1.54, 1.807) is 25.2 Å². The minimum Gasteiger partial charge on any atom is -0.486 e. The number of guanidine groups is 1. The number of aryl methyl sites for hydroxylation is 1. The Morgan fingerprint density at radius 1 is 1.11 bits per heavy atom. The molecule has 1 aliphatic carbocycles. The average molecular weight is 476 g/mol. The first-order valence-corrected chi connectivity index (χ1v) is 12.0. The fourth-order valence-corrected chi connectivity index (χ4v) is 5.79. The molecule has 2 atom stereocenters. The lowest BCUT2D eigenvalue weighted by molar-refractivity contribution is -0.204. The highest BCUT2D eigenvalue weighted by molar-refractivity contribution is 5.79. The first-order valence-electron chi connectivity index (χ1n) is 12.0. The molecule has 0 aromatic heterocycles. The van der Waals surface area contributed by atoms with Crippen molar-refractivity contribution in [1.29, 1.82) is 5.26 Å². The Hall–Kier alpha value is -4.33. The Labute approximate surface area is 210 Å². The zero-order valence-corrected chi connectivity index (χ0v) is 20.0. The van der Waals surface area contributed by atoms with E-state index in [1.165, 1.54) is 16.2 Å². The maximum Gasteiger partial charge on any atom is 0.222 e. The topological polar surface area (TPSA) is 88.2 Å². The third-order valence-electron chi connectivity index (χ3n) is 7.41. The van der Waals surface area contributed by atoms with Crippen molar-refractivity contribution in [2.45, 2.75) is 43.4 Å². The van der Waals surface area contributed by atoms with Crippen LogP contribution in [0.4, 0.5) is 5.69 Å². The van der Waals surface area contributed by atoms with Crippen LogP contribution in [0.2, 0.25) is 0 Å². The molecule has 2 heterocycles. The van der Waals surface area contributed by atoms with Gasteiger partial charge in [0.2, 0.25) is 11.7 Å². The second-order valence-electron chi connectivity index (χ2n) is 9.81. The van der Waals surface area contributed by atoms with E-state index < -0.39 is 11.3 Å². The van der Waals surface area contributed by atoms with Crippen LogP contribution >= 0.6 is 0 Å². The summed E-state index contributed by atoms with van der Waals surface area (Å²) in [6.45, 7) is 7.42. The van der Waals surface area contributed by atoms with Crippen LogP contribution in [0.1, 0.15) is 41.5 Å². The average Bonchev–Trinajstić information content (AvgIpc) is 3.05. The summed E-state index contributed by atoms with van der Waals surface area (Å²) in [4.78, 5) is 14.8. The number of hydroxylamine groups is 2. The monoisotopic (exact) mass is 475 g/mol. The van der Waals surface area contributed by atoms with Gasteiger partial charge in [-0.3, -0.25) is 0 Å². The van der Waals surface area contributed by atoms with Crippen LogP contribution in [0.15, 0.2) is 65.7 Å². The van der Waals surface area contributed by atoms with E-state index in [1.807, 2.05) is 18.2 Å². The standard InChI is InChI=1S/C29H25N5O2/c1-32-24-13-19(17-30)12-23(14-24)21-9-10-26-25(15-21)29(33-27(31)34(2)36-29)18-28(35-26)11-5-8-20-6-3-4-7-22(20)16-28/h3-4,6-7,9-10,12-15H,5,8,11,16,18H2,2H3,(H2,31,33). The molecule has 2 N–H and O–H groups in total. The molecule has 2 aliphatic heterocycles. The van der Waals surface area contributed by atoms with E-state index in [9.17, 15) is 5.26 Å². The Bertz CT molecular complexity index is 1470. The molecule has 36 heavy (non-hydrogen) atoms. The summed E-state index contributed by atoms with van der Waals surface area (Å²) in [7, 11) is 1.76. The van der Waals surface area contributed by atoms with Crippen LogP contribution in [-0.2, 0) is 23.4 Å². The number of rotatable bonds is 1. The summed E-state index contributed by atoms with van der Waals surface area (Å²) >= 11 is 0. The summed E-state index contributed by atoms with van der Waals surface area (Å²) in [6.07, 6.45) is 4.21. The number of fused-ring (bicyclic) bond motifs is 3. The number of hydrogen-bond acceptors (Lipinski definition) is 6. The highest BCUT2D eigenvalue weighted by atomic mass is 16.7. The van der Waals surface area contributed by atoms with Gasteiger partial charge in [-0.05, 0) is 71.8 Å². The normalized spacial score (nSPS) is 24.2. The zero-order chi connectivity index (χ0) is 24.9. The molecule has 0 radical (unpaired) electrons. The second kappa shape index (κ2) is 8.12. The third-order valence-corrected chi connectivity index (χ3v) is 7.41. The molecular formula is C29H25N5O2. The lowest BCUT2D eigenvalue weighted by Crippen LogP contribution is -2.49. The van der Waals surface area contributed by atoms with Gasteiger partial charge in [-0.1, -0.05) is 30.3 Å². The number of nitrogens with zero attached hydrogens (tertiary/aromatic N) is 4. The maximum atomic E-state index is 9.45. The molecule has 2 spiro atoms. The molecule has 0 amide bonds. The lowest BCUT2D eigenvalue weighted by atomic mass is 9.78. The minimum atomic E-state index is -1.02. The van der Waals surface area contributed by atoms with E-state index in [0.29, 0.717) is 23.6 Å². The van der Waals surface area contributed by atoms with E-state index >= 15 is 0 Å². The zero-order valence-electron chi connectivity index (χ0n) is 20.0. The third kappa shape index (κ3) is 3.57. The van der Waals surface area contributed by atoms with Crippen LogP contribution in [0.25, 0.3) is 16.0 Å². The summed E-state index contributed by atoms with van der Waals surface area (Å²) in [5.41, 5.74) is 10.7. The van der Waals surface area contributed by atoms with E-state index in [-0.39, 0.29) is 0 Å². The van der Waals surface area contributed by atoms with E-state index in [0.717, 1.165) is 48.1 Å². The van der Waals surface area contributed by atoms with Crippen LogP contribution in [0, 0.1) is 17.9 Å². The first kappa shape index (κ1) is 22.2. The SMILES string of the molecule is [C-]#[N+]c1cc(C#N)cc(-c2ccc3c(c2)C2(CC4(CCCc5ccccc5C4)O3)N=C(N)N(C)O2)c1. The molecule has 0 saturated carbocycles. The van der Waals surface area contributed by atoms with Crippen molar-refractivity contribution in [3.63, 3.8) is 0 Å². The second-order valence-corrected chi connectivity index (χ2v) is 9.81. The highest BCUT2D eigenvalue weighted by Gasteiger charge is 2.54. The first-order chi connectivity index (χ1) is 17.4. The van der Waals surface area contributed by atoms with Crippen LogP contribution < -0.4 is 10.5 Å². The molecule has 6 rings (SSSR count). The molecule has 0 bridgehead atoms. The van der Waals surface area contributed by atoms with Gasteiger partial charge in [0, 0.05) is 25.5 Å².